The van der Waals surface area contributed by atoms with Gasteiger partial charge in [-0.3, -0.25) is 0 Å². The maximum Gasteiger partial charge on any atom is 0.254 e. The molecule has 1 aromatic heterocycles. The van der Waals surface area contributed by atoms with Crippen LogP contribution in [0.3, 0.4) is 0 Å². The van der Waals surface area contributed by atoms with E-state index in [-0.39, 0.29) is 6.54 Å². The molecule has 1 heterocycles. The highest BCUT2D eigenvalue weighted by atomic mass is 16.5. The van der Waals surface area contributed by atoms with Crippen LogP contribution in [0, 0.1) is 0 Å². The molecule has 0 amide bonds. The molecule has 0 unspecified atom stereocenters. The number of aromatic nitrogens is 1. The number of ether oxygens (including phenoxy) is 1. The highest BCUT2D eigenvalue weighted by Crippen LogP contribution is 2.10. The van der Waals surface area contributed by atoms with Gasteiger partial charge in [0.05, 0.1) is 7.11 Å². The zero-order chi connectivity index (χ0) is 8.10. The van der Waals surface area contributed by atoms with Crippen LogP contribution < -0.4 is 4.74 Å². The van der Waals surface area contributed by atoms with Crippen LogP contribution in [-0.4, -0.2) is 18.3 Å². The zero-order valence-electron chi connectivity index (χ0n) is 5.90. The van der Waals surface area contributed by atoms with Gasteiger partial charge in [-0.1, -0.05) is 0 Å². The fourth-order valence-electron chi connectivity index (χ4n) is 0.575. The Labute approximate surface area is 62.7 Å². The summed E-state index contributed by atoms with van der Waals surface area (Å²) in [6.07, 6.45) is 1.39. The molecular weight excluding hydrogens is 148 g/mol. The molecule has 1 aromatic rings. The van der Waals surface area contributed by atoms with E-state index in [4.69, 9.17) is 9.26 Å². The van der Waals surface area contributed by atoms with Crippen LogP contribution in [0.1, 0.15) is 5.76 Å². The Morgan fingerprint density at radius 3 is 3.27 bits per heavy atom. The Bertz CT molecular complexity index is 275. The molecular formula is C6H6N2O3. The van der Waals surface area contributed by atoms with E-state index >= 15 is 0 Å². The predicted octanol–water partition coefficient (Wildman–Crippen LogP) is 0.519. The third-order valence-corrected chi connectivity index (χ3v) is 1.05. The Morgan fingerprint density at radius 2 is 2.73 bits per heavy atom. The second-order valence-corrected chi connectivity index (χ2v) is 1.74. The van der Waals surface area contributed by atoms with E-state index in [1.807, 2.05) is 0 Å². The number of methoxy groups -OCH3 is 1. The van der Waals surface area contributed by atoms with E-state index in [9.17, 15) is 4.79 Å². The minimum absolute atomic E-state index is 0.153. The quantitative estimate of drug-likeness (QED) is 0.470. The van der Waals surface area contributed by atoms with E-state index in [0.717, 1.165) is 0 Å². The van der Waals surface area contributed by atoms with Gasteiger partial charge >= 0.3 is 0 Å². The highest BCUT2D eigenvalue weighted by Gasteiger charge is 2.01. The monoisotopic (exact) mass is 154 g/mol. The molecule has 0 aliphatic heterocycles. The fraction of sp³-hybridized carbons (Fsp3) is 0.333. The van der Waals surface area contributed by atoms with Gasteiger partial charge in [-0.25, -0.2) is 4.79 Å². The second-order valence-electron chi connectivity index (χ2n) is 1.74. The van der Waals surface area contributed by atoms with Crippen LogP contribution in [0.25, 0.3) is 0 Å². The number of hydrogen-bond acceptors (Lipinski definition) is 5. The molecule has 5 heteroatoms. The first-order valence-electron chi connectivity index (χ1n) is 2.90. The van der Waals surface area contributed by atoms with Gasteiger partial charge in [-0.2, -0.15) is 4.99 Å². The standard InChI is InChI=1S/C6H6N2O3/c1-10-6-2-5(11-8-6)3-7-4-9/h2H,3H2,1H3. The van der Waals surface area contributed by atoms with E-state index in [1.54, 1.807) is 6.07 Å². The van der Waals surface area contributed by atoms with Crippen molar-refractivity contribution in [1.82, 2.24) is 5.16 Å². The van der Waals surface area contributed by atoms with Crippen molar-refractivity contribution in [2.24, 2.45) is 4.99 Å². The third-order valence-electron chi connectivity index (χ3n) is 1.05. The van der Waals surface area contributed by atoms with E-state index in [2.05, 4.69) is 10.1 Å². The summed E-state index contributed by atoms with van der Waals surface area (Å²) in [6, 6.07) is 1.56. The average molecular weight is 154 g/mol. The Hall–Kier alpha value is -1.61. The van der Waals surface area contributed by atoms with Crippen molar-refractivity contribution in [3.8, 4) is 5.88 Å². The number of rotatable bonds is 3. The van der Waals surface area contributed by atoms with Crippen LogP contribution >= 0.6 is 0 Å². The lowest BCUT2D eigenvalue weighted by molar-refractivity contribution is 0.327. The minimum Gasteiger partial charge on any atom is -0.479 e. The van der Waals surface area contributed by atoms with E-state index in [0.29, 0.717) is 11.6 Å². The summed E-state index contributed by atoms with van der Waals surface area (Å²) >= 11 is 0. The van der Waals surface area contributed by atoms with Gasteiger partial charge in [-0.15, -0.1) is 0 Å². The van der Waals surface area contributed by atoms with Gasteiger partial charge in [-0.05, 0) is 5.16 Å². The van der Waals surface area contributed by atoms with Gasteiger partial charge < -0.3 is 9.26 Å². The Kier molecular flexibility index (Phi) is 2.41. The fourth-order valence-corrected chi connectivity index (χ4v) is 0.575. The van der Waals surface area contributed by atoms with Gasteiger partial charge in [0.2, 0.25) is 6.08 Å². The lowest BCUT2D eigenvalue weighted by Gasteiger charge is -1.83. The van der Waals surface area contributed by atoms with E-state index in [1.165, 1.54) is 13.2 Å². The van der Waals surface area contributed by atoms with Crippen molar-refractivity contribution in [3.63, 3.8) is 0 Å². The Balaban J connectivity index is 2.64. The summed E-state index contributed by atoms with van der Waals surface area (Å²) in [5.41, 5.74) is 0. The number of carbonyl (C=O) groups excluding carboxylic acids is 1. The largest absolute Gasteiger partial charge is 0.479 e. The van der Waals surface area contributed by atoms with E-state index < -0.39 is 0 Å². The average Bonchev–Trinajstić information content (AvgIpc) is 2.48. The molecule has 0 radical (unpaired) electrons. The van der Waals surface area contributed by atoms with Crippen molar-refractivity contribution < 1.29 is 14.1 Å². The predicted molar refractivity (Wildman–Crippen MR) is 34.9 cm³/mol. The van der Waals surface area contributed by atoms with Gasteiger partial charge in [0, 0.05) is 6.07 Å². The zero-order valence-corrected chi connectivity index (χ0v) is 5.90. The van der Waals surface area contributed by atoms with Crippen molar-refractivity contribution in [2.75, 3.05) is 7.11 Å². The summed E-state index contributed by atoms with van der Waals surface area (Å²) < 4.78 is 9.44. The molecule has 0 fully saturated rings. The molecule has 0 aliphatic rings. The molecule has 0 saturated carbocycles. The molecule has 0 bridgehead atoms. The summed E-state index contributed by atoms with van der Waals surface area (Å²) in [4.78, 5) is 13.0. The smallest absolute Gasteiger partial charge is 0.254 e. The molecule has 1 rings (SSSR count). The topological polar surface area (TPSA) is 64.7 Å². The van der Waals surface area contributed by atoms with Crippen molar-refractivity contribution in [2.45, 2.75) is 6.54 Å². The third kappa shape index (κ3) is 1.91. The summed E-state index contributed by atoms with van der Waals surface area (Å²) in [5.74, 6) is 0.853. The van der Waals surface area contributed by atoms with Crippen molar-refractivity contribution >= 4 is 6.08 Å². The molecule has 0 aromatic carbocycles. The number of nitrogens with zero attached hydrogens (tertiary/aromatic N) is 2. The van der Waals surface area contributed by atoms with Crippen LogP contribution in [0.2, 0.25) is 0 Å². The molecule has 0 aliphatic carbocycles. The Morgan fingerprint density at radius 1 is 1.91 bits per heavy atom. The molecule has 58 valence electrons. The lowest BCUT2D eigenvalue weighted by Crippen LogP contribution is -1.79. The molecule has 5 nitrogen and oxygen atoms in total. The van der Waals surface area contributed by atoms with Gasteiger partial charge in [0.1, 0.15) is 6.54 Å². The SMILES string of the molecule is COc1cc(CN=C=O)on1. The molecule has 11 heavy (non-hydrogen) atoms. The maximum absolute atomic E-state index is 9.67. The first kappa shape index (κ1) is 7.50. The number of isocyanates is 1. The maximum atomic E-state index is 9.67. The first-order valence-corrected chi connectivity index (χ1v) is 2.90. The van der Waals surface area contributed by atoms with Crippen LogP contribution in [0.5, 0.6) is 5.88 Å². The van der Waals surface area contributed by atoms with Gasteiger partial charge in [0.15, 0.2) is 5.76 Å². The molecule has 0 saturated heterocycles. The summed E-state index contributed by atoms with van der Waals surface area (Å²) in [6.45, 7) is 0.153. The molecule has 0 spiro atoms. The van der Waals surface area contributed by atoms with Crippen molar-refractivity contribution in [3.05, 3.63) is 11.8 Å². The highest BCUT2D eigenvalue weighted by molar-refractivity contribution is 5.33. The molecule has 0 N–H and O–H groups in total. The minimum atomic E-state index is 0.153. The number of aliphatic imine (C=N–C) groups is 1. The first-order chi connectivity index (χ1) is 5.36. The van der Waals surface area contributed by atoms with Crippen molar-refractivity contribution in [1.29, 1.82) is 0 Å². The summed E-state index contributed by atoms with van der Waals surface area (Å²) in [5, 5.41) is 3.50. The lowest BCUT2D eigenvalue weighted by atomic mass is 10.4. The van der Waals surface area contributed by atoms with Gasteiger partial charge in [0.25, 0.3) is 5.88 Å². The number of hydrogen-bond donors (Lipinski definition) is 0. The summed E-state index contributed by atoms with van der Waals surface area (Å²) in [7, 11) is 1.48. The molecule has 0 atom stereocenters. The normalized spacial score (nSPS) is 8.82. The second kappa shape index (κ2) is 3.53. The van der Waals surface area contributed by atoms with Crippen LogP contribution in [0.4, 0.5) is 0 Å². The van der Waals surface area contributed by atoms with Crippen LogP contribution in [0.15, 0.2) is 15.6 Å². The van der Waals surface area contributed by atoms with Crippen LogP contribution in [-0.2, 0) is 11.3 Å².